The number of carboxylic acid groups (broad SMARTS) is 1. The third-order valence-corrected chi connectivity index (χ3v) is 5.21. The van der Waals surface area contributed by atoms with Gasteiger partial charge < -0.3 is 20.7 Å². The van der Waals surface area contributed by atoms with Gasteiger partial charge in [0.15, 0.2) is 5.60 Å². The first-order valence-electron chi connectivity index (χ1n) is 9.53. The number of ether oxygens (including phenoxy) is 1. The quantitative estimate of drug-likeness (QED) is 0.655. The number of carboxylic acids is 1. The summed E-state index contributed by atoms with van der Waals surface area (Å²) in [7, 11) is 0. The molecule has 0 bridgehead atoms. The van der Waals surface area contributed by atoms with Crippen LogP contribution in [-0.2, 0) is 11.2 Å². The van der Waals surface area contributed by atoms with Gasteiger partial charge in [0, 0.05) is 30.4 Å². The fourth-order valence-electron chi connectivity index (χ4n) is 3.51. The Morgan fingerprint density at radius 1 is 1.38 bits per heavy atom. The minimum absolute atomic E-state index is 0.144. The number of carbonyl (C=O) groups is 1. The minimum atomic E-state index is -2.05. The van der Waals surface area contributed by atoms with Crippen LogP contribution in [0, 0.1) is 11.8 Å². The summed E-state index contributed by atoms with van der Waals surface area (Å²) in [5.74, 6) is 0.280. The first-order chi connectivity index (χ1) is 12.2. The van der Waals surface area contributed by atoms with Crippen molar-refractivity contribution in [1.82, 2.24) is 4.98 Å². The van der Waals surface area contributed by atoms with E-state index in [2.05, 4.69) is 11.9 Å². The lowest BCUT2D eigenvalue weighted by atomic mass is 9.84. The van der Waals surface area contributed by atoms with Crippen molar-refractivity contribution in [2.45, 2.75) is 77.0 Å². The topological polar surface area (TPSA) is 106 Å². The highest BCUT2D eigenvalue weighted by Crippen LogP contribution is 2.28. The van der Waals surface area contributed by atoms with Crippen molar-refractivity contribution in [2.75, 3.05) is 0 Å². The van der Waals surface area contributed by atoms with Crippen molar-refractivity contribution in [3.8, 4) is 5.75 Å². The molecule has 26 heavy (non-hydrogen) atoms. The lowest BCUT2D eigenvalue weighted by Crippen LogP contribution is -2.56. The second-order valence-electron chi connectivity index (χ2n) is 8.12. The molecule has 1 heterocycles. The number of nitrogens with zero attached hydrogens (tertiary/aromatic N) is 1. The fraction of sp³-hybridized carbons (Fsp3) is 0.700. The summed E-state index contributed by atoms with van der Waals surface area (Å²) in [4.78, 5) is 15.9. The normalized spacial score (nSPS) is 24.1. The molecule has 1 saturated carbocycles. The van der Waals surface area contributed by atoms with Gasteiger partial charge >= 0.3 is 5.97 Å². The molecule has 0 aromatic carbocycles. The van der Waals surface area contributed by atoms with Crippen LogP contribution in [0.25, 0.3) is 0 Å². The molecule has 1 fully saturated rings. The van der Waals surface area contributed by atoms with Gasteiger partial charge in [-0.1, -0.05) is 20.8 Å². The van der Waals surface area contributed by atoms with Crippen molar-refractivity contribution in [3.63, 3.8) is 0 Å². The van der Waals surface area contributed by atoms with E-state index in [1.54, 1.807) is 18.3 Å². The number of rotatable bonds is 8. The number of hydrogen-bond donors (Lipinski definition) is 3. The lowest BCUT2D eigenvalue weighted by Gasteiger charge is -2.31. The van der Waals surface area contributed by atoms with E-state index in [1.807, 2.05) is 13.8 Å². The molecule has 0 amide bonds. The molecule has 6 nitrogen and oxygen atoms in total. The first kappa shape index (κ1) is 20.6. The van der Waals surface area contributed by atoms with Gasteiger partial charge in [0.05, 0.1) is 6.10 Å². The van der Waals surface area contributed by atoms with Crippen LogP contribution >= 0.6 is 0 Å². The lowest BCUT2D eigenvalue weighted by molar-refractivity contribution is -0.161. The number of pyridine rings is 1. The van der Waals surface area contributed by atoms with Crippen molar-refractivity contribution < 1.29 is 19.7 Å². The van der Waals surface area contributed by atoms with Crippen molar-refractivity contribution >= 4 is 5.97 Å². The maximum Gasteiger partial charge on any atom is 0.337 e. The van der Waals surface area contributed by atoms with Gasteiger partial charge in [0.2, 0.25) is 0 Å². The molecule has 1 aromatic heterocycles. The van der Waals surface area contributed by atoms with Crippen LogP contribution in [0.15, 0.2) is 18.3 Å². The van der Waals surface area contributed by atoms with Crippen molar-refractivity contribution in [2.24, 2.45) is 17.6 Å². The number of aliphatic hydroxyl groups is 1. The molecule has 4 N–H and O–H groups in total. The largest absolute Gasteiger partial charge is 0.490 e. The summed E-state index contributed by atoms with van der Waals surface area (Å²) >= 11 is 0. The van der Waals surface area contributed by atoms with E-state index in [1.165, 1.54) is 0 Å². The van der Waals surface area contributed by atoms with E-state index >= 15 is 0 Å². The van der Waals surface area contributed by atoms with Gasteiger partial charge in [0.25, 0.3) is 0 Å². The fourth-order valence-corrected chi connectivity index (χ4v) is 3.51. The van der Waals surface area contributed by atoms with Gasteiger partial charge in [-0.2, -0.15) is 0 Å². The molecule has 1 aliphatic carbocycles. The van der Waals surface area contributed by atoms with Gasteiger partial charge in [-0.15, -0.1) is 0 Å². The van der Waals surface area contributed by atoms with Crippen LogP contribution in [0.2, 0.25) is 0 Å². The second kappa shape index (κ2) is 8.82. The molecule has 0 saturated heterocycles. The van der Waals surface area contributed by atoms with E-state index in [0.717, 1.165) is 31.6 Å². The highest BCUT2D eigenvalue weighted by atomic mass is 16.5. The Bertz CT molecular complexity index is 599. The third-order valence-electron chi connectivity index (χ3n) is 5.21. The summed E-state index contributed by atoms with van der Waals surface area (Å²) < 4.78 is 6.04. The highest BCUT2D eigenvalue weighted by molar-refractivity contribution is 5.78. The molecular weight excluding hydrogens is 332 g/mol. The molecule has 146 valence electrons. The number of nitrogens with two attached hydrogens (primary N) is 1. The Morgan fingerprint density at radius 3 is 2.62 bits per heavy atom. The Balaban J connectivity index is 2.08. The second-order valence-corrected chi connectivity index (χ2v) is 8.12. The number of aliphatic carboxylic acids is 1. The summed E-state index contributed by atoms with van der Waals surface area (Å²) in [5.41, 5.74) is 4.44. The summed E-state index contributed by atoms with van der Waals surface area (Å²) in [5, 5.41) is 20.2. The molecule has 2 rings (SSSR count). The zero-order chi connectivity index (χ0) is 19.3. The van der Waals surface area contributed by atoms with Crippen molar-refractivity contribution in [1.29, 1.82) is 0 Å². The van der Waals surface area contributed by atoms with Gasteiger partial charge in [0.1, 0.15) is 5.75 Å². The van der Waals surface area contributed by atoms with Crippen LogP contribution in [0.5, 0.6) is 5.75 Å². The number of aromatic nitrogens is 1. The SMILES string of the molecule is CC(C)C[C@H](N)[C@](O)(Cc1cc(O[C@H]2CC[C@H](C)CC2)ccn1)C(=O)O. The molecule has 0 radical (unpaired) electrons. The average Bonchev–Trinajstić information content (AvgIpc) is 2.56. The van der Waals surface area contributed by atoms with Crippen LogP contribution in [0.4, 0.5) is 0 Å². The molecule has 6 heteroatoms. The molecule has 1 aliphatic rings. The van der Waals surface area contributed by atoms with Crippen LogP contribution in [0.1, 0.15) is 58.6 Å². The van der Waals surface area contributed by atoms with E-state index in [0.29, 0.717) is 17.9 Å². The summed E-state index contributed by atoms with van der Waals surface area (Å²) in [6.07, 6.45) is 6.41. The maximum atomic E-state index is 11.7. The van der Waals surface area contributed by atoms with E-state index in [-0.39, 0.29) is 18.4 Å². The molecule has 0 aliphatic heterocycles. The minimum Gasteiger partial charge on any atom is -0.490 e. The van der Waals surface area contributed by atoms with Crippen LogP contribution in [-0.4, -0.2) is 38.9 Å². The Morgan fingerprint density at radius 2 is 2.04 bits per heavy atom. The van der Waals surface area contributed by atoms with Crippen LogP contribution < -0.4 is 10.5 Å². The Labute approximate surface area is 155 Å². The highest BCUT2D eigenvalue weighted by Gasteiger charge is 2.43. The maximum absolute atomic E-state index is 11.7. The van der Waals surface area contributed by atoms with E-state index in [4.69, 9.17) is 10.5 Å². The van der Waals surface area contributed by atoms with Crippen LogP contribution in [0.3, 0.4) is 0 Å². The first-order valence-corrected chi connectivity index (χ1v) is 9.53. The zero-order valence-electron chi connectivity index (χ0n) is 16.0. The third kappa shape index (κ3) is 5.42. The predicted molar refractivity (Wildman–Crippen MR) is 100 cm³/mol. The molecular formula is C20H32N2O4. The molecule has 0 unspecified atom stereocenters. The van der Waals surface area contributed by atoms with Gasteiger partial charge in [-0.05, 0) is 50.0 Å². The smallest absolute Gasteiger partial charge is 0.337 e. The molecule has 0 spiro atoms. The summed E-state index contributed by atoms with van der Waals surface area (Å²) in [6, 6.07) is 2.62. The predicted octanol–water partition coefficient (Wildman–Crippen LogP) is 2.77. The molecule has 1 aromatic rings. The van der Waals surface area contributed by atoms with E-state index < -0.39 is 17.6 Å². The molecule has 2 atom stereocenters. The summed E-state index contributed by atoms with van der Waals surface area (Å²) in [6.45, 7) is 6.15. The average molecular weight is 364 g/mol. The van der Waals surface area contributed by atoms with Gasteiger partial charge in [-0.25, -0.2) is 4.79 Å². The van der Waals surface area contributed by atoms with Crippen molar-refractivity contribution in [3.05, 3.63) is 24.0 Å². The van der Waals surface area contributed by atoms with Gasteiger partial charge in [-0.3, -0.25) is 4.98 Å². The standard InChI is InChI=1S/C20H32N2O4/c1-13(2)10-18(21)20(25,19(23)24)12-15-11-17(8-9-22-15)26-16-6-4-14(3)5-7-16/h8-9,11,13-14,16,18,25H,4-7,10,12,21H2,1-3H3,(H,23,24)/t14-,16-,18-,20+/m0/s1. The van der Waals surface area contributed by atoms with E-state index in [9.17, 15) is 15.0 Å². The Hall–Kier alpha value is -1.66. The Kier molecular flexibility index (Phi) is 7.01. The zero-order valence-corrected chi connectivity index (χ0v) is 16.0. The number of hydrogen-bond acceptors (Lipinski definition) is 5. The monoisotopic (exact) mass is 364 g/mol.